The van der Waals surface area contributed by atoms with Crippen LogP contribution in [-0.4, -0.2) is 29.1 Å². The van der Waals surface area contributed by atoms with Gasteiger partial charge in [0.1, 0.15) is 6.04 Å². The number of hydrogen-bond donors (Lipinski definition) is 3. The van der Waals surface area contributed by atoms with Crippen molar-refractivity contribution in [3.05, 3.63) is 71.3 Å². The van der Waals surface area contributed by atoms with Gasteiger partial charge in [0.05, 0.1) is 6.10 Å². The van der Waals surface area contributed by atoms with Gasteiger partial charge in [-0.15, -0.1) is 0 Å². The molecule has 0 fully saturated rings. The van der Waals surface area contributed by atoms with Crippen molar-refractivity contribution in [1.82, 2.24) is 5.32 Å². The second-order valence-electron chi connectivity index (χ2n) is 5.29. The lowest BCUT2D eigenvalue weighted by atomic mass is 10.1. The molecule has 2 atom stereocenters. The molecule has 0 bridgehead atoms. The topological polar surface area (TPSA) is 92.4 Å². The molecule has 2 rings (SSSR count). The third-order valence-corrected chi connectivity index (χ3v) is 3.35. The Kier molecular flexibility index (Phi) is 5.72. The smallest absolute Gasteiger partial charge is 0.252 e. The quantitative estimate of drug-likeness (QED) is 0.735. The van der Waals surface area contributed by atoms with Crippen LogP contribution in [0.4, 0.5) is 0 Å². The number of carbonyl (C=O) groups excluding carboxylic acids is 2. The highest BCUT2D eigenvalue weighted by Crippen LogP contribution is 2.05. The van der Waals surface area contributed by atoms with Crippen molar-refractivity contribution in [3.8, 4) is 11.8 Å². The molecule has 5 heteroatoms. The molecule has 0 saturated heterocycles. The Hall–Kier alpha value is -3.10. The van der Waals surface area contributed by atoms with Crippen LogP contribution in [0.15, 0.2) is 54.6 Å². The minimum absolute atomic E-state index is 0.354. The van der Waals surface area contributed by atoms with Gasteiger partial charge in [-0.05, 0) is 43.3 Å². The van der Waals surface area contributed by atoms with Crippen LogP contribution >= 0.6 is 0 Å². The molecule has 0 aromatic heterocycles. The number of carbonyl (C=O) groups is 2. The van der Waals surface area contributed by atoms with Crippen LogP contribution in [0.5, 0.6) is 0 Å². The average molecular weight is 322 g/mol. The Balaban J connectivity index is 2.08. The molecule has 0 spiro atoms. The second-order valence-corrected chi connectivity index (χ2v) is 5.29. The first-order valence-corrected chi connectivity index (χ1v) is 7.43. The fourth-order valence-corrected chi connectivity index (χ4v) is 2.02. The van der Waals surface area contributed by atoms with Gasteiger partial charge in [0.15, 0.2) is 0 Å². The van der Waals surface area contributed by atoms with Gasteiger partial charge in [0, 0.05) is 16.7 Å². The Bertz CT molecular complexity index is 772. The highest BCUT2D eigenvalue weighted by atomic mass is 16.3. The molecule has 4 N–H and O–H groups in total. The molecule has 2 aromatic carbocycles. The van der Waals surface area contributed by atoms with Crippen LogP contribution in [0.1, 0.15) is 28.4 Å². The number of benzene rings is 2. The molecule has 0 aliphatic heterocycles. The summed E-state index contributed by atoms with van der Waals surface area (Å²) in [5.41, 5.74) is 7.17. The molecule has 2 amide bonds. The fraction of sp³-hybridized carbons (Fsp3) is 0.158. The maximum atomic E-state index is 12.1. The molecule has 2 aromatic rings. The van der Waals surface area contributed by atoms with Crippen LogP contribution in [0, 0.1) is 11.8 Å². The van der Waals surface area contributed by atoms with Crippen molar-refractivity contribution in [2.75, 3.05) is 0 Å². The standard InChI is InChI=1S/C19H18N2O3/c1-13(22)17(18(20)23)21-19(24)16-11-9-15(10-12-16)8-7-14-5-3-2-4-6-14/h2-6,9-13,17,22H,1H3,(H2,20,23)(H,21,24). The van der Waals surface area contributed by atoms with E-state index >= 15 is 0 Å². The molecule has 0 radical (unpaired) electrons. The maximum Gasteiger partial charge on any atom is 0.252 e. The van der Waals surface area contributed by atoms with E-state index in [1.165, 1.54) is 6.92 Å². The lowest BCUT2D eigenvalue weighted by Gasteiger charge is -2.17. The first kappa shape index (κ1) is 17.3. The minimum atomic E-state index is -1.13. The molecule has 0 aliphatic rings. The Morgan fingerprint density at radius 3 is 2.04 bits per heavy atom. The number of primary amides is 1. The van der Waals surface area contributed by atoms with Crippen molar-refractivity contribution < 1.29 is 14.7 Å². The van der Waals surface area contributed by atoms with E-state index in [-0.39, 0.29) is 0 Å². The first-order chi connectivity index (χ1) is 11.5. The zero-order valence-electron chi connectivity index (χ0n) is 13.2. The summed E-state index contributed by atoms with van der Waals surface area (Å²) in [6, 6.07) is 15.1. The van der Waals surface area contributed by atoms with E-state index in [2.05, 4.69) is 17.2 Å². The summed E-state index contributed by atoms with van der Waals surface area (Å²) < 4.78 is 0. The summed E-state index contributed by atoms with van der Waals surface area (Å²) in [5.74, 6) is 4.76. The third-order valence-electron chi connectivity index (χ3n) is 3.35. The normalized spacial score (nSPS) is 12.4. The van der Waals surface area contributed by atoms with E-state index in [1.807, 2.05) is 30.3 Å². The maximum absolute atomic E-state index is 12.1. The summed E-state index contributed by atoms with van der Waals surface area (Å²) in [6.45, 7) is 1.39. The Morgan fingerprint density at radius 1 is 1.00 bits per heavy atom. The van der Waals surface area contributed by atoms with Crippen LogP contribution in [0.3, 0.4) is 0 Å². The van der Waals surface area contributed by atoms with Crippen molar-refractivity contribution in [2.45, 2.75) is 19.1 Å². The van der Waals surface area contributed by atoms with Gasteiger partial charge in [0.2, 0.25) is 5.91 Å². The number of amides is 2. The zero-order chi connectivity index (χ0) is 17.5. The van der Waals surface area contributed by atoms with Crippen LogP contribution in [0.25, 0.3) is 0 Å². The van der Waals surface area contributed by atoms with E-state index in [0.717, 1.165) is 11.1 Å². The van der Waals surface area contributed by atoms with Gasteiger partial charge >= 0.3 is 0 Å². The van der Waals surface area contributed by atoms with Gasteiger partial charge in [-0.25, -0.2) is 0 Å². The van der Waals surface area contributed by atoms with E-state index in [9.17, 15) is 14.7 Å². The fourth-order valence-electron chi connectivity index (χ4n) is 2.02. The van der Waals surface area contributed by atoms with Crippen molar-refractivity contribution in [1.29, 1.82) is 0 Å². The number of hydrogen-bond acceptors (Lipinski definition) is 3. The van der Waals surface area contributed by atoms with Crippen molar-refractivity contribution in [2.24, 2.45) is 5.73 Å². The van der Waals surface area contributed by atoms with Gasteiger partial charge < -0.3 is 16.2 Å². The van der Waals surface area contributed by atoms with Gasteiger partial charge in [-0.2, -0.15) is 0 Å². The van der Waals surface area contributed by atoms with Crippen LogP contribution < -0.4 is 11.1 Å². The first-order valence-electron chi connectivity index (χ1n) is 7.43. The molecule has 2 unspecified atom stereocenters. The lowest BCUT2D eigenvalue weighted by Crippen LogP contribution is -2.50. The number of aliphatic hydroxyl groups excluding tert-OH is 1. The highest BCUT2D eigenvalue weighted by molar-refractivity contribution is 5.97. The van der Waals surface area contributed by atoms with Crippen molar-refractivity contribution >= 4 is 11.8 Å². The van der Waals surface area contributed by atoms with Gasteiger partial charge in [-0.1, -0.05) is 30.0 Å². The van der Waals surface area contributed by atoms with E-state index in [4.69, 9.17) is 5.73 Å². The van der Waals surface area contributed by atoms with E-state index in [1.54, 1.807) is 24.3 Å². The number of rotatable bonds is 4. The number of aliphatic hydroxyl groups is 1. The number of nitrogens with two attached hydrogens (primary N) is 1. The molecular weight excluding hydrogens is 304 g/mol. The molecule has 0 aliphatic carbocycles. The molecule has 0 heterocycles. The molecule has 0 saturated carbocycles. The predicted molar refractivity (Wildman–Crippen MR) is 91.0 cm³/mol. The van der Waals surface area contributed by atoms with Crippen LogP contribution in [-0.2, 0) is 4.79 Å². The predicted octanol–water partition coefficient (Wildman–Crippen LogP) is 1.05. The SMILES string of the molecule is CC(O)C(NC(=O)c1ccc(C#Cc2ccccc2)cc1)C(N)=O. The summed E-state index contributed by atoms with van der Waals surface area (Å²) in [6.07, 6.45) is -1.07. The summed E-state index contributed by atoms with van der Waals surface area (Å²) in [7, 11) is 0. The van der Waals surface area contributed by atoms with E-state index in [0.29, 0.717) is 5.56 Å². The van der Waals surface area contributed by atoms with Crippen LogP contribution in [0.2, 0.25) is 0 Å². The Morgan fingerprint density at radius 2 is 1.54 bits per heavy atom. The minimum Gasteiger partial charge on any atom is -0.391 e. The molecular formula is C19H18N2O3. The lowest BCUT2D eigenvalue weighted by molar-refractivity contribution is -0.122. The van der Waals surface area contributed by atoms with E-state index < -0.39 is 24.0 Å². The van der Waals surface area contributed by atoms with Gasteiger partial charge in [0.25, 0.3) is 5.91 Å². The monoisotopic (exact) mass is 322 g/mol. The molecule has 24 heavy (non-hydrogen) atoms. The summed E-state index contributed by atoms with van der Waals surface area (Å²) in [5, 5.41) is 11.9. The molecule has 5 nitrogen and oxygen atoms in total. The Labute approximate surface area is 140 Å². The zero-order valence-corrected chi connectivity index (χ0v) is 13.2. The molecule has 122 valence electrons. The largest absolute Gasteiger partial charge is 0.391 e. The van der Waals surface area contributed by atoms with Crippen molar-refractivity contribution in [3.63, 3.8) is 0 Å². The third kappa shape index (κ3) is 4.70. The summed E-state index contributed by atoms with van der Waals surface area (Å²) >= 11 is 0. The number of nitrogens with one attached hydrogen (secondary N) is 1. The van der Waals surface area contributed by atoms with Gasteiger partial charge in [-0.3, -0.25) is 9.59 Å². The highest BCUT2D eigenvalue weighted by Gasteiger charge is 2.23. The second kappa shape index (κ2) is 7.95. The average Bonchev–Trinajstić information content (AvgIpc) is 2.58. The summed E-state index contributed by atoms with van der Waals surface area (Å²) in [4.78, 5) is 23.3.